The zero-order valence-electron chi connectivity index (χ0n) is 15.1. The number of nitrogens with one attached hydrogen (secondary N) is 1. The van der Waals surface area contributed by atoms with E-state index >= 15 is 0 Å². The molecule has 0 aromatic heterocycles. The lowest BCUT2D eigenvalue weighted by Crippen LogP contribution is -2.28. The molecule has 1 atom stereocenters. The van der Waals surface area contributed by atoms with Gasteiger partial charge in [0.25, 0.3) is 0 Å². The number of sulfone groups is 1. The molecule has 0 spiro atoms. The van der Waals surface area contributed by atoms with Crippen LogP contribution in [0.1, 0.15) is 36.9 Å². The molecule has 0 saturated heterocycles. The van der Waals surface area contributed by atoms with E-state index in [0.717, 1.165) is 23.5 Å². The van der Waals surface area contributed by atoms with Gasteiger partial charge in [-0.2, -0.15) is 11.8 Å². The van der Waals surface area contributed by atoms with Gasteiger partial charge in [-0.25, -0.2) is 8.42 Å². The summed E-state index contributed by atoms with van der Waals surface area (Å²) in [5.41, 5.74) is 2.18. The Labute approximate surface area is 160 Å². The average molecular weight is 392 g/mol. The van der Waals surface area contributed by atoms with Gasteiger partial charge in [0.2, 0.25) is 5.91 Å². The topological polar surface area (TPSA) is 63.2 Å². The Kier molecular flexibility index (Phi) is 7.72. The molecule has 4 nitrogen and oxygen atoms in total. The number of carbonyl (C=O) groups is 1. The van der Waals surface area contributed by atoms with Gasteiger partial charge in [0.05, 0.1) is 10.9 Å². The minimum absolute atomic E-state index is 0.0181. The van der Waals surface area contributed by atoms with Crippen LogP contribution < -0.4 is 5.32 Å². The summed E-state index contributed by atoms with van der Waals surface area (Å²) >= 11 is 1.74. The average Bonchev–Trinajstić information content (AvgIpc) is 2.63. The van der Waals surface area contributed by atoms with Crippen molar-refractivity contribution in [3.8, 4) is 0 Å². The van der Waals surface area contributed by atoms with Crippen molar-refractivity contribution in [3.05, 3.63) is 65.7 Å². The molecular formula is C20H25NO3S2. The predicted octanol–water partition coefficient (Wildman–Crippen LogP) is 3.98. The van der Waals surface area contributed by atoms with Crippen molar-refractivity contribution in [3.63, 3.8) is 0 Å². The molecule has 0 radical (unpaired) electrons. The van der Waals surface area contributed by atoms with Crippen LogP contribution in [0.15, 0.2) is 59.5 Å². The number of thioether (sulfide) groups is 1. The molecule has 2 aromatic rings. The summed E-state index contributed by atoms with van der Waals surface area (Å²) in [5, 5.41) is 3.04. The second kappa shape index (κ2) is 9.78. The quantitative estimate of drug-likeness (QED) is 0.657. The zero-order chi connectivity index (χ0) is 19.0. The van der Waals surface area contributed by atoms with Crippen LogP contribution in [-0.2, 0) is 20.4 Å². The van der Waals surface area contributed by atoms with Gasteiger partial charge in [-0.3, -0.25) is 4.79 Å². The molecule has 140 valence electrons. The summed E-state index contributed by atoms with van der Waals surface area (Å²) in [6.07, 6.45) is 2.41. The SMILES string of the molecule is CC[C@H](NC(=O)CCSCc1ccccc1)c1ccc(S(C)(=O)=O)cc1. The Morgan fingerprint density at radius 3 is 2.31 bits per heavy atom. The minimum Gasteiger partial charge on any atom is -0.349 e. The van der Waals surface area contributed by atoms with E-state index in [1.807, 2.05) is 25.1 Å². The Balaban J connectivity index is 1.82. The molecule has 0 heterocycles. The van der Waals surface area contributed by atoms with Crippen molar-refractivity contribution in [2.24, 2.45) is 0 Å². The van der Waals surface area contributed by atoms with Crippen LogP contribution in [0.4, 0.5) is 0 Å². The first kappa shape index (κ1) is 20.5. The first-order valence-electron chi connectivity index (χ1n) is 8.61. The van der Waals surface area contributed by atoms with Crippen molar-refractivity contribution in [1.82, 2.24) is 5.32 Å². The first-order valence-corrected chi connectivity index (χ1v) is 11.7. The van der Waals surface area contributed by atoms with Crippen molar-refractivity contribution in [1.29, 1.82) is 0 Å². The Morgan fingerprint density at radius 2 is 1.73 bits per heavy atom. The van der Waals surface area contributed by atoms with E-state index in [4.69, 9.17) is 0 Å². The summed E-state index contributed by atoms with van der Waals surface area (Å²) in [5.74, 6) is 1.69. The summed E-state index contributed by atoms with van der Waals surface area (Å²) in [7, 11) is -3.20. The largest absolute Gasteiger partial charge is 0.349 e. The fourth-order valence-electron chi connectivity index (χ4n) is 2.56. The monoisotopic (exact) mass is 391 g/mol. The van der Waals surface area contributed by atoms with Gasteiger partial charge in [-0.05, 0) is 29.7 Å². The van der Waals surface area contributed by atoms with Gasteiger partial charge >= 0.3 is 0 Å². The number of rotatable bonds is 9. The molecule has 0 saturated carbocycles. The Morgan fingerprint density at radius 1 is 1.08 bits per heavy atom. The van der Waals surface area contributed by atoms with Crippen molar-refractivity contribution >= 4 is 27.5 Å². The maximum atomic E-state index is 12.2. The lowest BCUT2D eigenvalue weighted by Gasteiger charge is -2.18. The molecule has 2 rings (SSSR count). The standard InChI is InChI=1S/C20H25NO3S2/c1-3-19(17-9-11-18(12-10-17)26(2,23)24)21-20(22)13-14-25-15-16-7-5-4-6-8-16/h4-12,19H,3,13-15H2,1-2H3,(H,21,22)/t19-/m0/s1. The molecule has 0 unspecified atom stereocenters. The Hall–Kier alpha value is -1.79. The van der Waals surface area contributed by atoms with E-state index in [1.165, 1.54) is 11.8 Å². The molecule has 2 aromatic carbocycles. The van der Waals surface area contributed by atoms with E-state index < -0.39 is 9.84 Å². The molecule has 1 amide bonds. The van der Waals surface area contributed by atoms with E-state index in [2.05, 4.69) is 17.4 Å². The van der Waals surface area contributed by atoms with Crippen LogP contribution >= 0.6 is 11.8 Å². The Bertz CT molecular complexity index is 803. The van der Waals surface area contributed by atoms with Gasteiger partial charge in [0, 0.05) is 24.2 Å². The second-order valence-corrected chi connectivity index (χ2v) is 9.28. The molecule has 6 heteroatoms. The highest BCUT2D eigenvalue weighted by Crippen LogP contribution is 2.20. The summed E-state index contributed by atoms with van der Waals surface area (Å²) in [6, 6.07) is 16.8. The van der Waals surface area contributed by atoms with Gasteiger partial charge in [-0.15, -0.1) is 0 Å². The van der Waals surface area contributed by atoms with Crippen molar-refractivity contribution < 1.29 is 13.2 Å². The molecule has 0 bridgehead atoms. The summed E-state index contributed by atoms with van der Waals surface area (Å²) in [4.78, 5) is 12.5. The van der Waals surface area contributed by atoms with E-state index in [-0.39, 0.29) is 11.9 Å². The maximum absolute atomic E-state index is 12.2. The highest BCUT2D eigenvalue weighted by Gasteiger charge is 2.14. The molecule has 0 aliphatic rings. The van der Waals surface area contributed by atoms with Crippen LogP contribution in [0.2, 0.25) is 0 Å². The fourth-order valence-corrected chi connectivity index (χ4v) is 4.10. The number of hydrogen-bond acceptors (Lipinski definition) is 4. The third-order valence-electron chi connectivity index (χ3n) is 4.04. The number of carbonyl (C=O) groups excluding carboxylic acids is 1. The van der Waals surface area contributed by atoms with Crippen molar-refractivity contribution in [2.75, 3.05) is 12.0 Å². The van der Waals surface area contributed by atoms with Crippen LogP contribution in [0, 0.1) is 0 Å². The molecule has 0 aliphatic heterocycles. The summed E-state index contributed by atoms with van der Waals surface area (Å²) in [6.45, 7) is 2.00. The van der Waals surface area contributed by atoms with E-state index in [0.29, 0.717) is 11.3 Å². The lowest BCUT2D eigenvalue weighted by atomic mass is 10.0. The fraction of sp³-hybridized carbons (Fsp3) is 0.350. The molecule has 0 aliphatic carbocycles. The normalized spacial score (nSPS) is 12.5. The third kappa shape index (κ3) is 6.50. The van der Waals surface area contributed by atoms with Gasteiger partial charge in [0.15, 0.2) is 9.84 Å². The van der Waals surface area contributed by atoms with E-state index in [1.54, 1.807) is 36.0 Å². The van der Waals surface area contributed by atoms with E-state index in [9.17, 15) is 13.2 Å². The van der Waals surface area contributed by atoms with Crippen LogP contribution in [0.5, 0.6) is 0 Å². The zero-order valence-corrected chi connectivity index (χ0v) is 16.8. The van der Waals surface area contributed by atoms with Gasteiger partial charge in [-0.1, -0.05) is 49.4 Å². The first-order chi connectivity index (χ1) is 12.4. The number of hydrogen-bond donors (Lipinski definition) is 1. The van der Waals surface area contributed by atoms with Crippen LogP contribution in [0.25, 0.3) is 0 Å². The van der Waals surface area contributed by atoms with Crippen LogP contribution in [-0.4, -0.2) is 26.3 Å². The number of amides is 1. The number of benzene rings is 2. The third-order valence-corrected chi connectivity index (χ3v) is 6.20. The van der Waals surface area contributed by atoms with Crippen LogP contribution in [0.3, 0.4) is 0 Å². The minimum atomic E-state index is -3.20. The smallest absolute Gasteiger partial charge is 0.221 e. The maximum Gasteiger partial charge on any atom is 0.221 e. The summed E-state index contributed by atoms with van der Waals surface area (Å²) < 4.78 is 23.1. The molecule has 26 heavy (non-hydrogen) atoms. The second-order valence-electron chi connectivity index (χ2n) is 6.16. The highest BCUT2D eigenvalue weighted by atomic mass is 32.2. The molecule has 1 N–H and O–H groups in total. The molecular weight excluding hydrogens is 366 g/mol. The van der Waals surface area contributed by atoms with Gasteiger partial charge in [0.1, 0.15) is 0 Å². The predicted molar refractivity (Wildman–Crippen MR) is 108 cm³/mol. The van der Waals surface area contributed by atoms with Gasteiger partial charge < -0.3 is 5.32 Å². The lowest BCUT2D eigenvalue weighted by molar-refractivity contribution is -0.121. The van der Waals surface area contributed by atoms with Crippen molar-refractivity contribution in [2.45, 2.75) is 36.5 Å². The highest BCUT2D eigenvalue weighted by molar-refractivity contribution is 7.98. The molecule has 0 fully saturated rings.